The first kappa shape index (κ1) is 15.2. The van der Waals surface area contributed by atoms with Crippen molar-refractivity contribution in [3.05, 3.63) is 69.8 Å². The van der Waals surface area contributed by atoms with Gasteiger partial charge in [0.2, 0.25) is 0 Å². The summed E-state index contributed by atoms with van der Waals surface area (Å²) in [5.41, 5.74) is 4.09. The molecular weight excluding hydrogens is 284 g/mol. The van der Waals surface area contributed by atoms with Crippen molar-refractivity contribution in [3.63, 3.8) is 0 Å². The van der Waals surface area contributed by atoms with Crippen molar-refractivity contribution in [2.45, 2.75) is 6.92 Å². The Morgan fingerprint density at radius 2 is 1.86 bits per heavy atom. The second kappa shape index (κ2) is 6.98. The summed E-state index contributed by atoms with van der Waals surface area (Å²) in [6.45, 7) is 1.87. The minimum atomic E-state index is -0.524. The molecule has 0 spiro atoms. The zero-order valence-corrected chi connectivity index (χ0v) is 11.8. The third kappa shape index (κ3) is 3.89. The predicted octanol–water partition coefficient (Wildman–Crippen LogP) is 3.06. The number of nitro benzene ring substituents is 1. The van der Waals surface area contributed by atoms with Crippen molar-refractivity contribution >= 4 is 23.6 Å². The molecule has 7 heteroatoms. The highest BCUT2D eigenvalue weighted by molar-refractivity contribution is 5.91. The normalized spacial score (nSPS) is 10.4. The first-order valence-electron chi connectivity index (χ1n) is 6.47. The van der Waals surface area contributed by atoms with Crippen LogP contribution in [0.1, 0.15) is 11.1 Å². The summed E-state index contributed by atoms with van der Waals surface area (Å²) >= 11 is 0. The molecular formula is C15H14N4O3. The lowest BCUT2D eigenvalue weighted by Crippen LogP contribution is -2.24. The van der Waals surface area contributed by atoms with Gasteiger partial charge in [0, 0.05) is 11.8 Å². The number of urea groups is 1. The molecule has 2 N–H and O–H groups in total. The Labute approximate surface area is 126 Å². The van der Waals surface area contributed by atoms with E-state index in [2.05, 4.69) is 15.8 Å². The molecule has 0 aliphatic carbocycles. The lowest BCUT2D eigenvalue weighted by atomic mass is 10.2. The van der Waals surface area contributed by atoms with Gasteiger partial charge < -0.3 is 5.32 Å². The summed E-state index contributed by atoms with van der Waals surface area (Å²) in [5, 5.41) is 17.2. The molecule has 0 saturated heterocycles. The van der Waals surface area contributed by atoms with E-state index in [1.165, 1.54) is 12.3 Å². The number of carbonyl (C=O) groups excluding carboxylic acids is 1. The molecule has 0 bridgehead atoms. The SMILES string of the molecule is Cc1ccccc1NC(=O)NN=Cc1ccccc1[N+](=O)[O-]. The Morgan fingerprint density at radius 1 is 1.18 bits per heavy atom. The van der Waals surface area contributed by atoms with Crippen LogP contribution in [0, 0.1) is 17.0 Å². The van der Waals surface area contributed by atoms with Crippen LogP contribution in [0.25, 0.3) is 0 Å². The molecule has 0 atom stereocenters. The number of hydrogen-bond donors (Lipinski definition) is 2. The molecule has 22 heavy (non-hydrogen) atoms. The number of nitrogens with zero attached hydrogens (tertiary/aromatic N) is 2. The number of hydrazone groups is 1. The molecule has 2 aromatic rings. The van der Waals surface area contributed by atoms with E-state index in [1.807, 2.05) is 19.1 Å². The van der Waals surface area contributed by atoms with Gasteiger partial charge in [0.15, 0.2) is 0 Å². The number of rotatable bonds is 4. The van der Waals surface area contributed by atoms with E-state index < -0.39 is 11.0 Å². The van der Waals surface area contributed by atoms with Crippen LogP contribution in [0.5, 0.6) is 0 Å². The average Bonchev–Trinajstić information content (AvgIpc) is 2.50. The fraction of sp³-hybridized carbons (Fsp3) is 0.0667. The zero-order valence-electron chi connectivity index (χ0n) is 11.8. The van der Waals surface area contributed by atoms with Crippen molar-refractivity contribution in [2.24, 2.45) is 5.10 Å². The van der Waals surface area contributed by atoms with E-state index >= 15 is 0 Å². The molecule has 7 nitrogen and oxygen atoms in total. The maximum Gasteiger partial charge on any atom is 0.339 e. The number of carbonyl (C=O) groups is 1. The summed E-state index contributed by atoms with van der Waals surface area (Å²) < 4.78 is 0. The van der Waals surface area contributed by atoms with Gasteiger partial charge >= 0.3 is 6.03 Å². The van der Waals surface area contributed by atoms with E-state index in [9.17, 15) is 14.9 Å². The lowest BCUT2D eigenvalue weighted by molar-refractivity contribution is -0.385. The van der Waals surface area contributed by atoms with Gasteiger partial charge in [0.1, 0.15) is 0 Å². The molecule has 112 valence electrons. The number of nitrogens with one attached hydrogen (secondary N) is 2. The third-order valence-electron chi connectivity index (χ3n) is 2.90. The Bertz CT molecular complexity index is 728. The number of para-hydroxylation sites is 2. The number of hydrogen-bond acceptors (Lipinski definition) is 4. The molecule has 0 aliphatic heterocycles. The van der Waals surface area contributed by atoms with Crippen molar-refractivity contribution in [3.8, 4) is 0 Å². The maximum absolute atomic E-state index is 11.7. The minimum absolute atomic E-state index is 0.0765. The molecule has 0 radical (unpaired) electrons. The van der Waals surface area contributed by atoms with E-state index in [0.717, 1.165) is 5.56 Å². The monoisotopic (exact) mass is 298 g/mol. The molecule has 2 rings (SSSR count). The van der Waals surface area contributed by atoms with Crippen molar-refractivity contribution < 1.29 is 9.72 Å². The van der Waals surface area contributed by atoms with Crippen LogP contribution in [0.3, 0.4) is 0 Å². The van der Waals surface area contributed by atoms with Gasteiger partial charge in [-0.2, -0.15) is 5.10 Å². The number of nitro groups is 1. The summed E-state index contributed by atoms with van der Waals surface area (Å²) in [4.78, 5) is 22.0. The van der Waals surface area contributed by atoms with E-state index in [1.54, 1.807) is 30.3 Å². The van der Waals surface area contributed by atoms with Crippen LogP contribution >= 0.6 is 0 Å². The highest BCUT2D eigenvalue weighted by Crippen LogP contribution is 2.15. The second-order valence-electron chi connectivity index (χ2n) is 4.45. The molecule has 0 fully saturated rings. The van der Waals surface area contributed by atoms with E-state index in [-0.39, 0.29) is 5.69 Å². The van der Waals surface area contributed by atoms with Gasteiger partial charge in [0.25, 0.3) is 5.69 Å². The summed E-state index contributed by atoms with van der Waals surface area (Å²) in [5.74, 6) is 0. The second-order valence-corrected chi connectivity index (χ2v) is 4.45. The quantitative estimate of drug-likeness (QED) is 0.515. The van der Waals surface area contributed by atoms with Crippen molar-refractivity contribution in [2.75, 3.05) is 5.32 Å². The molecule has 0 aliphatic rings. The number of anilines is 1. The molecule has 0 saturated carbocycles. The van der Waals surface area contributed by atoms with Gasteiger partial charge in [-0.3, -0.25) is 10.1 Å². The third-order valence-corrected chi connectivity index (χ3v) is 2.90. The van der Waals surface area contributed by atoms with Crippen LogP contribution in [0.15, 0.2) is 53.6 Å². The Hall–Kier alpha value is -3.22. The number of aryl methyl sites for hydroxylation is 1. The van der Waals surface area contributed by atoms with Crippen LogP contribution in [0.4, 0.5) is 16.2 Å². The first-order valence-corrected chi connectivity index (χ1v) is 6.47. The van der Waals surface area contributed by atoms with E-state index in [4.69, 9.17) is 0 Å². The highest BCUT2D eigenvalue weighted by atomic mass is 16.6. The van der Waals surface area contributed by atoms with Crippen LogP contribution in [-0.4, -0.2) is 17.2 Å². The summed E-state index contributed by atoms with van der Waals surface area (Å²) in [6, 6.07) is 12.9. The van der Waals surface area contributed by atoms with Gasteiger partial charge in [-0.05, 0) is 24.6 Å². The smallest absolute Gasteiger partial charge is 0.306 e. The van der Waals surface area contributed by atoms with Crippen LogP contribution in [0.2, 0.25) is 0 Å². The molecule has 2 aromatic carbocycles. The number of amides is 2. The summed E-state index contributed by atoms with van der Waals surface area (Å²) in [7, 11) is 0. The first-order chi connectivity index (χ1) is 10.6. The van der Waals surface area contributed by atoms with Crippen molar-refractivity contribution in [1.82, 2.24) is 5.43 Å². The predicted molar refractivity (Wildman–Crippen MR) is 84.0 cm³/mol. The molecule has 2 amide bonds. The standard InChI is InChI=1S/C15H14N4O3/c1-11-6-2-4-8-13(11)17-15(20)18-16-10-12-7-3-5-9-14(12)19(21)22/h2-10H,1H3,(H2,17,18,20). The van der Waals surface area contributed by atoms with Crippen LogP contribution in [-0.2, 0) is 0 Å². The minimum Gasteiger partial charge on any atom is -0.306 e. The average molecular weight is 298 g/mol. The molecule has 0 aromatic heterocycles. The zero-order chi connectivity index (χ0) is 15.9. The molecule has 0 unspecified atom stereocenters. The van der Waals surface area contributed by atoms with E-state index in [0.29, 0.717) is 11.3 Å². The van der Waals surface area contributed by atoms with Gasteiger partial charge in [0.05, 0.1) is 16.7 Å². The fourth-order valence-corrected chi connectivity index (χ4v) is 1.79. The largest absolute Gasteiger partial charge is 0.339 e. The Morgan fingerprint density at radius 3 is 2.59 bits per heavy atom. The van der Waals surface area contributed by atoms with Gasteiger partial charge in [-0.15, -0.1) is 0 Å². The number of benzene rings is 2. The van der Waals surface area contributed by atoms with Gasteiger partial charge in [-0.1, -0.05) is 30.3 Å². The Kier molecular flexibility index (Phi) is 4.81. The Balaban J connectivity index is 2.00. The van der Waals surface area contributed by atoms with Gasteiger partial charge in [-0.25, -0.2) is 10.2 Å². The fourth-order valence-electron chi connectivity index (χ4n) is 1.79. The maximum atomic E-state index is 11.7. The van der Waals surface area contributed by atoms with Crippen LogP contribution < -0.4 is 10.7 Å². The molecule has 0 heterocycles. The van der Waals surface area contributed by atoms with Crippen molar-refractivity contribution in [1.29, 1.82) is 0 Å². The summed E-state index contributed by atoms with van der Waals surface area (Å²) in [6.07, 6.45) is 1.23. The topological polar surface area (TPSA) is 96.6 Å². The lowest BCUT2D eigenvalue weighted by Gasteiger charge is -2.06. The highest BCUT2D eigenvalue weighted by Gasteiger charge is 2.10.